The second-order valence-electron chi connectivity index (χ2n) is 4.75. The lowest BCUT2D eigenvalue weighted by Gasteiger charge is -2.25. The molecule has 1 saturated carbocycles. The summed E-state index contributed by atoms with van der Waals surface area (Å²) >= 11 is 0. The van der Waals surface area contributed by atoms with Crippen LogP contribution in [0.15, 0.2) is 18.2 Å². The van der Waals surface area contributed by atoms with Crippen LogP contribution in [0.1, 0.15) is 43.0 Å². The maximum Gasteiger partial charge on any atom is 0.335 e. The van der Waals surface area contributed by atoms with Crippen LogP contribution in [0.5, 0.6) is 0 Å². The summed E-state index contributed by atoms with van der Waals surface area (Å²) in [5.74, 6) is -1.52. The molecule has 1 aliphatic rings. The summed E-state index contributed by atoms with van der Waals surface area (Å²) < 4.78 is 14.0. The van der Waals surface area contributed by atoms with Gasteiger partial charge in [0, 0.05) is 12.6 Å². The molecule has 0 unspecified atom stereocenters. The summed E-state index contributed by atoms with van der Waals surface area (Å²) in [6, 6.07) is 4.61. The molecule has 0 heterocycles. The molecule has 1 N–H and O–H groups in total. The molecule has 98 valence electrons. The minimum Gasteiger partial charge on any atom is -0.478 e. The van der Waals surface area contributed by atoms with E-state index in [0.717, 1.165) is 38.3 Å². The first-order chi connectivity index (χ1) is 8.63. The average Bonchev–Trinajstić information content (AvgIpc) is 3.15. The van der Waals surface area contributed by atoms with Gasteiger partial charge in [0.05, 0.1) is 11.3 Å². The number of carbonyl (C=O) groups is 1. The third-order valence-electron chi connectivity index (χ3n) is 3.24. The van der Waals surface area contributed by atoms with Gasteiger partial charge in [0.2, 0.25) is 0 Å². The Kier molecular flexibility index (Phi) is 3.84. The molecule has 0 atom stereocenters. The number of benzene rings is 1. The second kappa shape index (κ2) is 5.38. The molecule has 1 aliphatic carbocycles. The van der Waals surface area contributed by atoms with E-state index in [4.69, 9.17) is 5.11 Å². The third-order valence-corrected chi connectivity index (χ3v) is 3.24. The Morgan fingerprint density at radius 2 is 2.22 bits per heavy atom. The van der Waals surface area contributed by atoms with Crippen LogP contribution in [0.2, 0.25) is 0 Å². The number of halogens is 1. The van der Waals surface area contributed by atoms with Crippen molar-refractivity contribution in [2.24, 2.45) is 0 Å². The van der Waals surface area contributed by atoms with Crippen molar-refractivity contribution in [3.63, 3.8) is 0 Å². The minimum atomic E-state index is -1.09. The summed E-state index contributed by atoms with van der Waals surface area (Å²) in [5, 5.41) is 8.82. The van der Waals surface area contributed by atoms with Crippen LogP contribution >= 0.6 is 0 Å². The summed E-state index contributed by atoms with van der Waals surface area (Å²) in [4.78, 5) is 12.8. The predicted molar refractivity (Wildman–Crippen MR) is 68.6 cm³/mol. The van der Waals surface area contributed by atoms with E-state index >= 15 is 0 Å². The normalized spacial score (nSPS) is 14.6. The van der Waals surface area contributed by atoms with Crippen molar-refractivity contribution in [3.8, 4) is 0 Å². The Balaban J connectivity index is 2.21. The van der Waals surface area contributed by atoms with Gasteiger partial charge in [-0.3, -0.25) is 0 Å². The van der Waals surface area contributed by atoms with Crippen molar-refractivity contribution in [2.45, 2.75) is 38.6 Å². The summed E-state index contributed by atoms with van der Waals surface area (Å²) in [6.45, 7) is 2.94. The number of aromatic carboxylic acids is 1. The molecule has 0 radical (unpaired) electrons. The molecule has 1 aromatic rings. The Labute approximate surface area is 106 Å². The molecule has 18 heavy (non-hydrogen) atoms. The molecule has 0 aromatic heterocycles. The highest BCUT2D eigenvalue weighted by Gasteiger charge is 2.30. The molecule has 1 fully saturated rings. The van der Waals surface area contributed by atoms with Gasteiger partial charge >= 0.3 is 5.97 Å². The Morgan fingerprint density at radius 1 is 1.50 bits per heavy atom. The number of rotatable bonds is 6. The SMILES string of the molecule is CCCCN(c1ccc(C(=O)O)cc1F)C1CC1. The number of unbranched alkanes of at least 4 members (excludes halogenated alkanes) is 1. The second-order valence-corrected chi connectivity index (χ2v) is 4.75. The number of hydrogen-bond acceptors (Lipinski definition) is 2. The first-order valence-corrected chi connectivity index (χ1v) is 6.43. The molecular formula is C14H18FNO2. The van der Waals surface area contributed by atoms with Crippen LogP contribution in [-0.2, 0) is 0 Å². The van der Waals surface area contributed by atoms with Gasteiger partial charge in [-0.1, -0.05) is 13.3 Å². The summed E-state index contributed by atoms with van der Waals surface area (Å²) in [6.07, 6.45) is 4.29. The van der Waals surface area contributed by atoms with Crippen LogP contribution < -0.4 is 4.90 Å². The van der Waals surface area contributed by atoms with E-state index in [9.17, 15) is 9.18 Å². The van der Waals surface area contributed by atoms with Crippen molar-refractivity contribution in [1.29, 1.82) is 0 Å². The largest absolute Gasteiger partial charge is 0.478 e. The summed E-state index contributed by atoms with van der Waals surface area (Å²) in [5.41, 5.74) is 0.540. The molecule has 1 aromatic carbocycles. The van der Waals surface area contributed by atoms with E-state index < -0.39 is 11.8 Å². The van der Waals surface area contributed by atoms with Crippen LogP contribution in [0, 0.1) is 5.82 Å². The molecule has 3 nitrogen and oxygen atoms in total. The lowest BCUT2D eigenvalue weighted by Crippen LogP contribution is -2.27. The van der Waals surface area contributed by atoms with Gasteiger partial charge in [-0.15, -0.1) is 0 Å². The maximum atomic E-state index is 14.0. The van der Waals surface area contributed by atoms with E-state index in [1.807, 2.05) is 0 Å². The maximum absolute atomic E-state index is 14.0. The Bertz CT molecular complexity index is 443. The first kappa shape index (κ1) is 12.9. The fourth-order valence-corrected chi connectivity index (χ4v) is 2.09. The highest BCUT2D eigenvalue weighted by Crippen LogP contribution is 2.33. The average molecular weight is 251 g/mol. The van der Waals surface area contributed by atoms with Gasteiger partial charge in [-0.05, 0) is 37.5 Å². The number of carboxylic acid groups (broad SMARTS) is 1. The Morgan fingerprint density at radius 3 is 2.72 bits per heavy atom. The monoisotopic (exact) mass is 251 g/mol. The van der Waals surface area contributed by atoms with Crippen molar-refractivity contribution in [1.82, 2.24) is 0 Å². The Hall–Kier alpha value is -1.58. The standard InChI is InChI=1S/C14H18FNO2/c1-2-3-8-16(11-5-6-11)13-7-4-10(14(17)18)9-12(13)15/h4,7,9,11H,2-3,5-6,8H2,1H3,(H,17,18). The lowest BCUT2D eigenvalue weighted by atomic mass is 10.1. The fraction of sp³-hybridized carbons (Fsp3) is 0.500. The summed E-state index contributed by atoms with van der Waals surface area (Å²) in [7, 11) is 0. The first-order valence-electron chi connectivity index (χ1n) is 6.43. The van der Waals surface area contributed by atoms with Crippen molar-refractivity contribution in [2.75, 3.05) is 11.4 Å². The number of hydrogen-bond donors (Lipinski definition) is 1. The zero-order valence-electron chi connectivity index (χ0n) is 10.5. The smallest absolute Gasteiger partial charge is 0.335 e. The zero-order chi connectivity index (χ0) is 13.1. The lowest BCUT2D eigenvalue weighted by molar-refractivity contribution is 0.0696. The van der Waals surface area contributed by atoms with Gasteiger partial charge in [-0.25, -0.2) is 9.18 Å². The highest BCUT2D eigenvalue weighted by molar-refractivity contribution is 5.88. The fourth-order valence-electron chi connectivity index (χ4n) is 2.09. The van der Waals surface area contributed by atoms with Crippen molar-refractivity contribution >= 4 is 11.7 Å². The molecule has 0 bridgehead atoms. The van der Waals surface area contributed by atoms with Crippen LogP contribution in [-0.4, -0.2) is 23.7 Å². The molecule has 0 amide bonds. The quantitative estimate of drug-likeness (QED) is 0.843. The van der Waals surface area contributed by atoms with Gasteiger partial charge in [0.25, 0.3) is 0 Å². The molecule has 2 rings (SSSR count). The molecule has 0 spiro atoms. The molecular weight excluding hydrogens is 233 g/mol. The topological polar surface area (TPSA) is 40.5 Å². The van der Waals surface area contributed by atoms with Gasteiger partial charge < -0.3 is 10.0 Å². The third kappa shape index (κ3) is 2.81. The van der Waals surface area contributed by atoms with Gasteiger partial charge in [0.15, 0.2) is 0 Å². The number of anilines is 1. The van der Waals surface area contributed by atoms with Crippen molar-refractivity contribution < 1.29 is 14.3 Å². The molecule has 0 saturated heterocycles. The minimum absolute atomic E-state index is 0.00230. The van der Waals surface area contributed by atoms with Gasteiger partial charge in [0.1, 0.15) is 5.82 Å². The molecule has 0 aliphatic heterocycles. The number of carboxylic acids is 1. The number of nitrogens with zero attached hydrogens (tertiary/aromatic N) is 1. The van der Waals surface area contributed by atoms with E-state index in [2.05, 4.69) is 11.8 Å². The predicted octanol–water partition coefficient (Wildman–Crippen LogP) is 3.29. The van der Waals surface area contributed by atoms with Crippen LogP contribution in [0.4, 0.5) is 10.1 Å². The van der Waals surface area contributed by atoms with E-state index in [1.165, 1.54) is 6.07 Å². The van der Waals surface area contributed by atoms with E-state index in [-0.39, 0.29) is 5.56 Å². The van der Waals surface area contributed by atoms with E-state index in [0.29, 0.717) is 11.7 Å². The van der Waals surface area contributed by atoms with Crippen molar-refractivity contribution in [3.05, 3.63) is 29.6 Å². The zero-order valence-corrected chi connectivity index (χ0v) is 10.5. The van der Waals surface area contributed by atoms with Crippen LogP contribution in [0.3, 0.4) is 0 Å². The molecule has 4 heteroatoms. The van der Waals surface area contributed by atoms with Crippen LogP contribution in [0.25, 0.3) is 0 Å². The van der Waals surface area contributed by atoms with Gasteiger partial charge in [-0.2, -0.15) is 0 Å². The highest BCUT2D eigenvalue weighted by atomic mass is 19.1. The van der Waals surface area contributed by atoms with E-state index in [1.54, 1.807) is 6.07 Å².